The lowest BCUT2D eigenvalue weighted by Gasteiger charge is -2.00. The highest BCUT2D eigenvalue weighted by molar-refractivity contribution is 5.82. The lowest BCUT2D eigenvalue weighted by atomic mass is 10.1. The van der Waals surface area contributed by atoms with E-state index >= 15 is 0 Å². The molecule has 76 valence electrons. The first kappa shape index (κ1) is 10.8. The topological polar surface area (TPSA) is 38.4 Å². The minimum atomic E-state index is 0.688. The molecular weight excluding hydrogens is 172 g/mol. The van der Waals surface area contributed by atoms with Crippen LogP contribution >= 0.6 is 0 Å². The molecule has 2 nitrogen and oxygen atoms in total. The van der Waals surface area contributed by atoms with E-state index in [1.165, 1.54) is 12.0 Å². The van der Waals surface area contributed by atoms with Crippen LogP contribution in [0.1, 0.15) is 32.3 Å². The fourth-order valence-electron chi connectivity index (χ4n) is 1.27. The van der Waals surface area contributed by atoms with Crippen LogP contribution in [0.4, 0.5) is 5.69 Å². The van der Waals surface area contributed by atoms with E-state index < -0.39 is 0 Å². The van der Waals surface area contributed by atoms with Crippen molar-refractivity contribution in [2.24, 2.45) is 10.7 Å². The summed E-state index contributed by atoms with van der Waals surface area (Å²) in [6, 6.07) is 8.28. The smallest absolute Gasteiger partial charge is 0.0993 e. The normalized spacial score (nSPS) is 11.7. The highest BCUT2D eigenvalue weighted by Crippen LogP contribution is 2.14. The quantitative estimate of drug-likeness (QED) is 0.575. The van der Waals surface area contributed by atoms with Crippen LogP contribution < -0.4 is 5.73 Å². The molecule has 0 amide bonds. The number of aryl methyl sites for hydroxylation is 1. The van der Waals surface area contributed by atoms with Gasteiger partial charge in [-0.15, -0.1) is 0 Å². The highest BCUT2D eigenvalue weighted by atomic mass is 14.8. The molecule has 14 heavy (non-hydrogen) atoms. The Bertz CT molecular complexity index is 299. The molecule has 0 aromatic heterocycles. The van der Waals surface area contributed by atoms with Gasteiger partial charge in [-0.2, -0.15) is 0 Å². The van der Waals surface area contributed by atoms with Crippen molar-refractivity contribution in [3.8, 4) is 0 Å². The number of hydrogen-bond acceptors (Lipinski definition) is 1. The van der Waals surface area contributed by atoms with Crippen LogP contribution in [-0.4, -0.2) is 5.84 Å². The van der Waals surface area contributed by atoms with Crippen LogP contribution in [-0.2, 0) is 6.42 Å². The molecule has 1 aromatic rings. The van der Waals surface area contributed by atoms with Gasteiger partial charge in [-0.25, -0.2) is 4.99 Å². The van der Waals surface area contributed by atoms with Crippen molar-refractivity contribution < 1.29 is 0 Å². The van der Waals surface area contributed by atoms with Crippen molar-refractivity contribution in [3.63, 3.8) is 0 Å². The zero-order chi connectivity index (χ0) is 10.4. The van der Waals surface area contributed by atoms with Crippen molar-refractivity contribution in [2.45, 2.75) is 33.1 Å². The van der Waals surface area contributed by atoms with Gasteiger partial charge in [0.25, 0.3) is 0 Å². The third kappa shape index (κ3) is 3.21. The van der Waals surface area contributed by atoms with Crippen LogP contribution in [0.15, 0.2) is 29.3 Å². The van der Waals surface area contributed by atoms with Crippen molar-refractivity contribution in [1.82, 2.24) is 0 Å². The third-order valence-corrected chi connectivity index (χ3v) is 2.11. The van der Waals surface area contributed by atoms with Gasteiger partial charge in [0.05, 0.1) is 11.5 Å². The number of benzene rings is 1. The molecule has 2 N–H and O–H groups in total. The number of rotatable bonds is 4. The molecular formula is C12H18N2. The van der Waals surface area contributed by atoms with Crippen LogP contribution in [0.3, 0.4) is 0 Å². The maximum Gasteiger partial charge on any atom is 0.0993 e. The first-order chi connectivity index (χ1) is 6.76. The summed E-state index contributed by atoms with van der Waals surface area (Å²) >= 11 is 0. The number of nitrogens with zero attached hydrogens (tertiary/aromatic N) is 1. The van der Waals surface area contributed by atoms with Crippen LogP contribution in [0.2, 0.25) is 0 Å². The summed E-state index contributed by atoms with van der Waals surface area (Å²) in [4.78, 5) is 4.27. The van der Waals surface area contributed by atoms with Gasteiger partial charge < -0.3 is 5.73 Å². The Balaban J connectivity index is 2.73. The summed E-state index contributed by atoms with van der Waals surface area (Å²) in [6.07, 6.45) is 3.11. The second-order valence-corrected chi connectivity index (χ2v) is 3.37. The lowest BCUT2D eigenvalue weighted by molar-refractivity contribution is 0.922. The Morgan fingerprint density at radius 2 is 1.86 bits per heavy atom. The van der Waals surface area contributed by atoms with E-state index in [1.54, 1.807) is 0 Å². The van der Waals surface area contributed by atoms with Gasteiger partial charge in [0.2, 0.25) is 0 Å². The lowest BCUT2D eigenvalue weighted by Crippen LogP contribution is -2.08. The number of aliphatic imine (C=N–C) groups is 1. The molecule has 0 heterocycles. The maximum absolute atomic E-state index is 5.65. The van der Waals surface area contributed by atoms with E-state index in [4.69, 9.17) is 5.73 Å². The molecule has 0 aliphatic carbocycles. The van der Waals surface area contributed by atoms with E-state index in [0.717, 1.165) is 18.5 Å². The zero-order valence-corrected chi connectivity index (χ0v) is 8.96. The summed E-state index contributed by atoms with van der Waals surface area (Å²) in [5.41, 5.74) is 7.96. The first-order valence-corrected chi connectivity index (χ1v) is 5.18. The molecule has 0 unspecified atom stereocenters. The average Bonchev–Trinajstić information content (AvgIpc) is 2.21. The van der Waals surface area contributed by atoms with Gasteiger partial charge in [-0.3, -0.25) is 0 Å². The monoisotopic (exact) mass is 190 g/mol. The molecule has 0 aliphatic rings. The number of hydrogen-bond donors (Lipinski definition) is 1. The standard InChI is InChI=1S/C12H18N2/c1-3-5-10-6-8-11(9-7-10)14-12(13)4-2/h6-9H,3-5H2,1-2H3,(H2,13,14). The number of amidine groups is 1. The summed E-state index contributed by atoms with van der Waals surface area (Å²) in [5.74, 6) is 0.688. The summed E-state index contributed by atoms with van der Waals surface area (Å²) < 4.78 is 0. The zero-order valence-electron chi connectivity index (χ0n) is 8.96. The largest absolute Gasteiger partial charge is 0.387 e. The van der Waals surface area contributed by atoms with E-state index in [2.05, 4.69) is 24.0 Å². The SMILES string of the molecule is CCCc1ccc(N=C(N)CC)cc1. The fourth-order valence-corrected chi connectivity index (χ4v) is 1.27. The fraction of sp³-hybridized carbons (Fsp3) is 0.417. The highest BCUT2D eigenvalue weighted by Gasteiger charge is 1.93. The van der Waals surface area contributed by atoms with E-state index in [9.17, 15) is 0 Å². The molecule has 0 radical (unpaired) electrons. The molecule has 1 aromatic carbocycles. The Hall–Kier alpha value is -1.31. The van der Waals surface area contributed by atoms with Gasteiger partial charge in [-0.05, 0) is 24.1 Å². The van der Waals surface area contributed by atoms with Crippen molar-refractivity contribution >= 4 is 11.5 Å². The third-order valence-electron chi connectivity index (χ3n) is 2.11. The predicted molar refractivity (Wildman–Crippen MR) is 62.0 cm³/mol. The van der Waals surface area contributed by atoms with Crippen molar-refractivity contribution in [1.29, 1.82) is 0 Å². The second kappa shape index (κ2) is 5.43. The molecule has 0 spiro atoms. The summed E-state index contributed by atoms with van der Waals surface area (Å²) in [7, 11) is 0. The molecule has 0 fully saturated rings. The van der Waals surface area contributed by atoms with Crippen LogP contribution in [0.5, 0.6) is 0 Å². The first-order valence-electron chi connectivity index (χ1n) is 5.18. The Morgan fingerprint density at radius 3 is 2.36 bits per heavy atom. The summed E-state index contributed by atoms with van der Waals surface area (Å²) in [5, 5.41) is 0. The molecule has 0 saturated heterocycles. The second-order valence-electron chi connectivity index (χ2n) is 3.37. The van der Waals surface area contributed by atoms with Gasteiger partial charge in [0.15, 0.2) is 0 Å². The molecule has 1 rings (SSSR count). The Morgan fingerprint density at radius 1 is 1.21 bits per heavy atom. The maximum atomic E-state index is 5.65. The van der Waals surface area contributed by atoms with Crippen LogP contribution in [0, 0.1) is 0 Å². The minimum absolute atomic E-state index is 0.688. The molecule has 0 bridgehead atoms. The van der Waals surface area contributed by atoms with Crippen LogP contribution in [0.25, 0.3) is 0 Å². The molecule has 0 saturated carbocycles. The molecule has 0 aliphatic heterocycles. The molecule has 2 heteroatoms. The average molecular weight is 190 g/mol. The predicted octanol–water partition coefficient (Wildman–Crippen LogP) is 3.04. The van der Waals surface area contributed by atoms with Crippen molar-refractivity contribution in [2.75, 3.05) is 0 Å². The van der Waals surface area contributed by atoms with Gasteiger partial charge in [0.1, 0.15) is 0 Å². The van der Waals surface area contributed by atoms with E-state index in [0.29, 0.717) is 5.84 Å². The van der Waals surface area contributed by atoms with Gasteiger partial charge >= 0.3 is 0 Å². The van der Waals surface area contributed by atoms with Gasteiger partial charge in [0, 0.05) is 6.42 Å². The minimum Gasteiger partial charge on any atom is -0.387 e. The van der Waals surface area contributed by atoms with Gasteiger partial charge in [-0.1, -0.05) is 32.4 Å². The number of nitrogens with two attached hydrogens (primary N) is 1. The Labute approximate surface area is 85.9 Å². The van der Waals surface area contributed by atoms with Crippen molar-refractivity contribution in [3.05, 3.63) is 29.8 Å². The summed E-state index contributed by atoms with van der Waals surface area (Å²) in [6.45, 7) is 4.19. The Kier molecular flexibility index (Phi) is 4.17. The molecule has 0 atom stereocenters. The van der Waals surface area contributed by atoms with E-state index in [-0.39, 0.29) is 0 Å². The van der Waals surface area contributed by atoms with E-state index in [1.807, 2.05) is 19.1 Å².